The number of hydrogen-bond donors (Lipinski definition) is 0. The molecule has 5 nitrogen and oxygen atoms in total. The van der Waals surface area contributed by atoms with Gasteiger partial charge < -0.3 is 9.32 Å². The van der Waals surface area contributed by atoms with Gasteiger partial charge in [-0.05, 0) is 24.6 Å². The quantitative estimate of drug-likeness (QED) is 0.692. The highest BCUT2D eigenvalue weighted by atomic mass is 16.3. The Kier molecular flexibility index (Phi) is 5.03. The first-order valence-corrected chi connectivity index (χ1v) is 8.36. The van der Waals surface area contributed by atoms with Gasteiger partial charge >= 0.3 is 0 Å². The summed E-state index contributed by atoms with van der Waals surface area (Å²) in [5.41, 5.74) is 3.09. The molecule has 3 aromatic rings. The van der Waals surface area contributed by atoms with E-state index < -0.39 is 0 Å². The summed E-state index contributed by atoms with van der Waals surface area (Å²) in [6, 6.07) is 13.8. The van der Waals surface area contributed by atoms with Crippen LogP contribution in [0.15, 0.2) is 59.3 Å². The Labute approximate surface area is 147 Å². The second-order valence-electron chi connectivity index (χ2n) is 6.35. The lowest BCUT2D eigenvalue weighted by Gasteiger charge is -2.21. The lowest BCUT2D eigenvalue weighted by Crippen LogP contribution is -2.28. The number of carbonyl (C=O) groups excluding carboxylic acids is 1. The van der Waals surface area contributed by atoms with Crippen molar-refractivity contribution >= 4 is 5.91 Å². The number of nitrogens with zero attached hydrogens (tertiary/aromatic N) is 3. The highest BCUT2D eigenvalue weighted by molar-refractivity contribution is 5.77. The van der Waals surface area contributed by atoms with Crippen molar-refractivity contribution in [2.24, 2.45) is 7.05 Å². The molecule has 0 spiro atoms. The molecule has 2 aromatic heterocycles. The summed E-state index contributed by atoms with van der Waals surface area (Å²) in [4.78, 5) is 14.6. The summed E-state index contributed by atoms with van der Waals surface area (Å²) < 4.78 is 7.36. The van der Waals surface area contributed by atoms with Crippen molar-refractivity contribution in [3.05, 3.63) is 77.5 Å². The van der Waals surface area contributed by atoms with Gasteiger partial charge in [-0.3, -0.25) is 9.48 Å². The molecule has 0 saturated heterocycles. The molecule has 0 bridgehead atoms. The molecule has 1 aromatic carbocycles. The number of rotatable bonds is 6. The lowest BCUT2D eigenvalue weighted by molar-refractivity contribution is -0.130. The molecule has 0 saturated carbocycles. The molecule has 0 radical (unpaired) electrons. The van der Waals surface area contributed by atoms with Crippen molar-refractivity contribution in [2.45, 2.75) is 25.8 Å². The third-order valence-electron chi connectivity index (χ3n) is 4.42. The summed E-state index contributed by atoms with van der Waals surface area (Å²) in [7, 11) is 3.72. The molecule has 0 N–H and O–H groups in total. The first-order valence-electron chi connectivity index (χ1n) is 8.36. The Morgan fingerprint density at radius 2 is 2.00 bits per heavy atom. The zero-order valence-corrected chi connectivity index (χ0v) is 14.8. The molecule has 0 unspecified atom stereocenters. The van der Waals surface area contributed by atoms with Gasteiger partial charge in [0, 0.05) is 38.8 Å². The van der Waals surface area contributed by atoms with Crippen molar-refractivity contribution in [1.82, 2.24) is 14.7 Å². The predicted molar refractivity (Wildman–Crippen MR) is 96.0 cm³/mol. The minimum Gasteiger partial charge on any atom is -0.469 e. The largest absolute Gasteiger partial charge is 0.469 e. The number of hydrogen-bond acceptors (Lipinski definition) is 3. The van der Waals surface area contributed by atoms with Gasteiger partial charge in [0.2, 0.25) is 5.91 Å². The van der Waals surface area contributed by atoms with Gasteiger partial charge in [-0.1, -0.05) is 30.3 Å². The zero-order chi connectivity index (χ0) is 17.8. The predicted octanol–water partition coefficient (Wildman–Crippen LogP) is 3.50. The molecule has 5 heteroatoms. The van der Waals surface area contributed by atoms with Gasteiger partial charge in [-0.25, -0.2) is 0 Å². The third-order valence-corrected chi connectivity index (χ3v) is 4.42. The van der Waals surface area contributed by atoms with E-state index in [4.69, 9.17) is 4.42 Å². The zero-order valence-electron chi connectivity index (χ0n) is 14.8. The molecule has 0 aliphatic carbocycles. The summed E-state index contributed by atoms with van der Waals surface area (Å²) in [6.45, 7) is 2.52. The summed E-state index contributed by atoms with van der Waals surface area (Å²) in [5, 5.41) is 4.34. The van der Waals surface area contributed by atoms with E-state index in [1.54, 1.807) is 15.8 Å². The highest BCUT2D eigenvalue weighted by Gasteiger charge is 2.23. The number of aryl methyl sites for hydroxylation is 2. The minimum absolute atomic E-state index is 0.0773. The topological polar surface area (TPSA) is 51.3 Å². The molecule has 1 amide bonds. The van der Waals surface area contributed by atoms with Gasteiger partial charge in [0.25, 0.3) is 0 Å². The average Bonchev–Trinajstić information content (AvgIpc) is 3.23. The number of benzene rings is 1. The van der Waals surface area contributed by atoms with Gasteiger partial charge in [0.15, 0.2) is 0 Å². The number of carbonyl (C=O) groups is 1. The van der Waals surface area contributed by atoms with Crippen LogP contribution in [-0.4, -0.2) is 27.6 Å². The number of aromatic nitrogens is 2. The van der Waals surface area contributed by atoms with Crippen LogP contribution in [0.2, 0.25) is 0 Å². The van der Waals surface area contributed by atoms with E-state index in [-0.39, 0.29) is 11.8 Å². The Hall–Kier alpha value is -2.82. The molecule has 0 fully saturated rings. The van der Waals surface area contributed by atoms with Gasteiger partial charge in [-0.2, -0.15) is 5.10 Å². The van der Waals surface area contributed by atoms with Crippen LogP contribution in [0.5, 0.6) is 0 Å². The number of amides is 1. The fourth-order valence-corrected chi connectivity index (χ4v) is 3.04. The SMILES string of the molecule is Cc1nn(C)cc1CN(C)C(=O)C[C@@H](c1ccccc1)c1ccco1. The van der Waals surface area contributed by atoms with Crippen molar-refractivity contribution in [3.63, 3.8) is 0 Å². The van der Waals surface area contributed by atoms with Gasteiger partial charge in [0.05, 0.1) is 17.9 Å². The second-order valence-corrected chi connectivity index (χ2v) is 6.35. The van der Waals surface area contributed by atoms with Crippen LogP contribution in [0.25, 0.3) is 0 Å². The van der Waals surface area contributed by atoms with Crippen molar-refractivity contribution in [1.29, 1.82) is 0 Å². The standard InChI is InChI=1S/C20H23N3O2/c1-15-17(14-23(3)21-15)13-22(2)20(24)12-18(19-10-7-11-25-19)16-8-5-4-6-9-16/h4-11,14,18H,12-13H2,1-3H3/t18-/m0/s1. The first-order chi connectivity index (χ1) is 12.0. The summed E-state index contributed by atoms with van der Waals surface area (Å²) in [6.07, 6.45) is 3.98. The fraction of sp³-hybridized carbons (Fsp3) is 0.300. The van der Waals surface area contributed by atoms with E-state index in [1.165, 1.54) is 0 Å². The smallest absolute Gasteiger partial charge is 0.223 e. The van der Waals surface area contributed by atoms with Crippen LogP contribution in [0.4, 0.5) is 0 Å². The molecular weight excluding hydrogens is 314 g/mol. The monoisotopic (exact) mass is 337 g/mol. The minimum atomic E-state index is -0.0823. The van der Waals surface area contributed by atoms with Crippen LogP contribution >= 0.6 is 0 Å². The van der Waals surface area contributed by atoms with Crippen molar-refractivity contribution in [2.75, 3.05) is 7.05 Å². The maximum Gasteiger partial charge on any atom is 0.223 e. The normalized spacial score (nSPS) is 12.1. The van der Waals surface area contributed by atoms with Gasteiger partial charge in [0.1, 0.15) is 5.76 Å². The second kappa shape index (κ2) is 7.38. The molecule has 3 rings (SSSR count). The summed E-state index contributed by atoms with van der Waals surface area (Å²) in [5.74, 6) is 0.806. The average molecular weight is 337 g/mol. The fourth-order valence-electron chi connectivity index (χ4n) is 3.04. The Balaban J connectivity index is 1.75. The maximum absolute atomic E-state index is 12.8. The third kappa shape index (κ3) is 3.99. The Morgan fingerprint density at radius 1 is 1.24 bits per heavy atom. The van der Waals surface area contributed by atoms with E-state index in [9.17, 15) is 4.79 Å². The first kappa shape index (κ1) is 17.0. The van der Waals surface area contributed by atoms with E-state index in [0.717, 1.165) is 22.6 Å². The van der Waals surface area contributed by atoms with Crippen LogP contribution in [0, 0.1) is 6.92 Å². The van der Waals surface area contributed by atoms with Crippen LogP contribution in [0.1, 0.15) is 34.9 Å². The van der Waals surface area contributed by atoms with E-state index >= 15 is 0 Å². The van der Waals surface area contributed by atoms with E-state index in [0.29, 0.717) is 13.0 Å². The maximum atomic E-state index is 12.8. The molecule has 2 heterocycles. The highest BCUT2D eigenvalue weighted by Crippen LogP contribution is 2.29. The summed E-state index contributed by atoms with van der Waals surface area (Å²) >= 11 is 0. The molecule has 0 aliphatic rings. The molecule has 1 atom stereocenters. The van der Waals surface area contributed by atoms with Crippen molar-refractivity contribution < 1.29 is 9.21 Å². The Morgan fingerprint density at radius 3 is 2.60 bits per heavy atom. The Bertz CT molecular complexity index is 822. The lowest BCUT2D eigenvalue weighted by atomic mass is 9.92. The molecule has 130 valence electrons. The van der Waals surface area contributed by atoms with E-state index in [2.05, 4.69) is 5.10 Å². The molecule has 25 heavy (non-hydrogen) atoms. The molecule has 0 aliphatic heterocycles. The van der Waals surface area contributed by atoms with E-state index in [1.807, 2.05) is 69.7 Å². The van der Waals surface area contributed by atoms with Crippen LogP contribution in [0.3, 0.4) is 0 Å². The molecular formula is C20H23N3O2. The van der Waals surface area contributed by atoms with Crippen LogP contribution < -0.4 is 0 Å². The van der Waals surface area contributed by atoms with Crippen molar-refractivity contribution in [3.8, 4) is 0 Å². The van der Waals surface area contributed by atoms with Gasteiger partial charge in [-0.15, -0.1) is 0 Å². The number of furan rings is 1. The van der Waals surface area contributed by atoms with Crippen LogP contribution in [-0.2, 0) is 18.4 Å².